The van der Waals surface area contributed by atoms with Gasteiger partial charge in [0.05, 0.1) is 11.6 Å². The first-order valence-corrected chi connectivity index (χ1v) is 11.8. The molecule has 1 saturated heterocycles. The summed E-state index contributed by atoms with van der Waals surface area (Å²) in [6, 6.07) is 9.84. The van der Waals surface area contributed by atoms with Crippen molar-refractivity contribution in [3.63, 3.8) is 0 Å². The van der Waals surface area contributed by atoms with Gasteiger partial charge in [0.1, 0.15) is 5.82 Å². The summed E-state index contributed by atoms with van der Waals surface area (Å²) in [7, 11) is 0. The summed E-state index contributed by atoms with van der Waals surface area (Å²) < 4.78 is 23.1. The molecule has 2 aromatic heterocycles. The van der Waals surface area contributed by atoms with E-state index in [0.29, 0.717) is 29.3 Å². The molecule has 2 aliphatic heterocycles. The van der Waals surface area contributed by atoms with Crippen LogP contribution < -0.4 is 14.4 Å². The molecule has 0 radical (unpaired) electrons. The van der Waals surface area contributed by atoms with Crippen molar-refractivity contribution in [2.24, 2.45) is 5.92 Å². The highest BCUT2D eigenvalue weighted by atomic mass is 35.5. The fourth-order valence-corrected chi connectivity index (χ4v) is 4.82. The number of anilines is 1. The van der Waals surface area contributed by atoms with E-state index >= 15 is 0 Å². The summed E-state index contributed by atoms with van der Waals surface area (Å²) in [5, 5.41) is 0.652. The SMILES string of the molecule is [O-][S+]1COc2cc(-c3cnc(OCC4CCN(c5ccc(Cl)cn5)CC4)nc3)ccc21. The van der Waals surface area contributed by atoms with Crippen LogP contribution in [0, 0.1) is 5.92 Å². The monoisotopic (exact) mass is 456 g/mol. The minimum atomic E-state index is -1.07. The molecule has 1 atom stereocenters. The molecular weight excluding hydrogens is 436 g/mol. The quantitative estimate of drug-likeness (QED) is 0.537. The predicted octanol–water partition coefficient (Wildman–Crippen LogP) is 3.94. The second kappa shape index (κ2) is 8.90. The molecule has 1 fully saturated rings. The van der Waals surface area contributed by atoms with Gasteiger partial charge in [-0.15, -0.1) is 0 Å². The van der Waals surface area contributed by atoms with E-state index in [4.69, 9.17) is 21.1 Å². The normalized spacial score (nSPS) is 18.5. The number of ether oxygens (including phenoxy) is 2. The fourth-order valence-electron chi connectivity index (χ4n) is 3.78. The maximum absolute atomic E-state index is 11.8. The van der Waals surface area contributed by atoms with Gasteiger partial charge in [0.25, 0.3) is 5.94 Å². The van der Waals surface area contributed by atoms with Crippen LogP contribution in [0.15, 0.2) is 53.8 Å². The van der Waals surface area contributed by atoms with Crippen LogP contribution in [0.5, 0.6) is 11.8 Å². The third-order valence-electron chi connectivity index (χ3n) is 5.57. The van der Waals surface area contributed by atoms with Gasteiger partial charge in [0.15, 0.2) is 10.6 Å². The third-order valence-corrected chi connectivity index (χ3v) is 6.95. The van der Waals surface area contributed by atoms with Crippen molar-refractivity contribution in [1.82, 2.24) is 15.0 Å². The van der Waals surface area contributed by atoms with Crippen LogP contribution in [0.3, 0.4) is 0 Å². The second-order valence-corrected chi connectivity index (χ2v) is 9.40. The van der Waals surface area contributed by atoms with Crippen molar-refractivity contribution in [2.45, 2.75) is 17.7 Å². The number of hydrogen-bond acceptors (Lipinski definition) is 7. The lowest BCUT2D eigenvalue weighted by atomic mass is 9.98. The van der Waals surface area contributed by atoms with E-state index in [1.807, 2.05) is 30.3 Å². The molecule has 1 aromatic carbocycles. The van der Waals surface area contributed by atoms with Crippen molar-refractivity contribution in [1.29, 1.82) is 0 Å². The van der Waals surface area contributed by atoms with Gasteiger partial charge in [0, 0.05) is 48.4 Å². The first-order valence-electron chi connectivity index (χ1n) is 10.1. The molecule has 0 bridgehead atoms. The van der Waals surface area contributed by atoms with E-state index in [0.717, 1.165) is 47.8 Å². The molecule has 3 aromatic rings. The highest BCUT2D eigenvalue weighted by Gasteiger charge is 2.26. The Kier molecular flexibility index (Phi) is 5.85. The molecule has 5 rings (SSSR count). The van der Waals surface area contributed by atoms with Crippen molar-refractivity contribution in [2.75, 3.05) is 30.5 Å². The highest BCUT2D eigenvalue weighted by Crippen LogP contribution is 2.35. The number of fused-ring (bicyclic) bond motifs is 1. The smallest absolute Gasteiger partial charge is 0.316 e. The number of halogens is 1. The Labute approximate surface area is 188 Å². The molecule has 9 heteroatoms. The number of rotatable bonds is 5. The largest absolute Gasteiger partial charge is 0.609 e. The summed E-state index contributed by atoms with van der Waals surface area (Å²) in [5.41, 5.74) is 1.78. The Morgan fingerprint density at radius 1 is 1.06 bits per heavy atom. The summed E-state index contributed by atoms with van der Waals surface area (Å²) in [6.45, 7) is 2.47. The molecule has 0 spiro atoms. The number of pyridine rings is 1. The molecule has 7 nitrogen and oxygen atoms in total. The van der Waals surface area contributed by atoms with Crippen molar-refractivity contribution < 1.29 is 14.0 Å². The molecule has 0 saturated carbocycles. The Morgan fingerprint density at radius 3 is 2.61 bits per heavy atom. The highest BCUT2D eigenvalue weighted by molar-refractivity contribution is 7.91. The molecule has 1 unspecified atom stereocenters. The lowest BCUT2D eigenvalue weighted by molar-refractivity contribution is 0.208. The van der Waals surface area contributed by atoms with Crippen LogP contribution in [0.2, 0.25) is 5.02 Å². The van der Waals surface area contributed by atoms with Gasteiger partial charge in [-0.3, -0.25) is 0 Å². The van der Waals surface area contributed by atoms with E-state index in [-0.39, 0.29) is 5.94 Å². The minimum Gasteiger partial charge on any atom is -0.609 e. The minimum absolute atomic E-state index is 0.219. The molecule has 0 aliphatic carbocycles. The number of hydrogen-bond donors (Lipinski definition) is 0. The topological polar surface area (TPSA) is 83.4 Å². The molecule has 0 N–H and O–H groups in total. The molecular formula is C22H21ClN4O3S. The zero-order valence-corrected chi connectivity index (χ0v) is 18.3. The van der Waals surface area contributed by atoms with Crippen LogP contribution in [0.25, 0.3) is 11.1 Å². The van der Waals surface area contributed by atoms with Crippen LogP contribution >= 0.6 is 11.6 Å². The van der Waals surface area contributed by atoms with Gasteiger partial charge < -0.3 is 18.9 Å². The Bertz CT molecular complexity index is 1040. The zero-order chi connectivity index (χ0) is 21.2. The van der Waals surface area contributed by atoms with Crippen LogP contribution in [0.4, 0.5) is 5.82 Å². The van der Waals surface area contributed by atoms with Crippen molar-refractivity contribution in [3.8, 4) is 22.9 Å². The summed E-state index contributed by atoms with van der Waals surface area (Å²) in [5.74, 6) is 2.31. The second-order valence-electron chi connectivity index (χ2n) is 7.60. The molecule has 2 aliphatic rings. The Balaban J connectivity index is 1.14. The van der Waals surface area contributed by atoms with E-state index < -0.39 is 11.2 Å². The van der Waals surface area contributed by atoms with Gasteiger partial charge in [-0.1, -0.05) is 11.6 Å². The van der Waals surface area contributed by atoms with E-state index in [1.54, 1.807) is 18.6 Å². The predicted molar refractivity (Wildman–Crippen MR) is 119 cm³/mol. The zero-order valence-electron chi connectivity index (χ0n) is 16.7. The lowest BCUT2D eigenvalue weighted by Gasteiger charge is -2.32. The van der Waals surface area contributed by atoms with Gasteiger partial charge in [-0.2, -0.15) is 0 Å². The first kappa shape index (κ1) is 20.4. The van der Waals surface area contributed by atoms with Gasteiger partial charge in [-0.05, 0) is 54.7 Å². The average molecular weight is 457 g/mol. The maximum atomic E-state index is 11.8. The number of benzene rings is 1. The summed E-state index contributed by atoms with van der Waals surface area (Å²) in [4.78, 5) is 16.1. The summed E-state index contributed by atoms with van der Waals surface area (Å²) in [6.07, 6.45) is 7.22. The lowest BCUT2D eigenvalue weighted by Crippen LogP contribution is -2.36. The van der Waals surface area contributed by atoms with E-state index in [1.165, 1.54) is 0 Å². The van der Waals surface area contributed by atoms with Gasteiger partial charge in [-0.25, -0.2) is 15.0 Å². The molecule has 31 heavy (non-hydrogen) atoms. The van der Waals surface area contributed by atoms with E-state index in [2.05, 4.69) is 19.9 Å². The van der Waals surface area contributed by atoms with Crippen LogP contribution in [0.1, 0.15) is 12.8 Å². The molecule has 160 valence electrons. The van der Waals surface area contributed by atoms with Crippen LogP contribution in [-0.4, -0.2) is 45.1 Å². The first-order chi connectivity index (χ1) is 15.2. The maximum Gasteiger partial charge on any atom is 0.316 e. The molecule has 4 heterocycles. The van der Waals surface area contributed by atoms with Gasteiger partial charge >= 0.3 is 6.01 Å². The fraction of sp³-hybridized carbons (Fsp3) is 0.318. The number of aromatic nitrogens is 3. The Hall–Kier alpha value is -2.55. The Morgan fingerprint density at radius 2 is 1.87 bits per heavy atom. The third kappa shape index (κ3) is 4.56. The standard InChI is InChI=1S/C22H21ClN4O3S/c23-18-2-4-21(24-12-18)27-7-5-15(6-8-27)13-29-22-25-10-17(11-26-22)16-1-3-20-19(9-16)30-14-31(20)28/h1-4,9-12,15H,5-8,13-14H2. The van der Waals surface area contributed by atoms with Crippen molar-refractivity contribution in [3.05, 3.63) is 53.9 Å². The van der Waals surface area contributed by atoms with E-state index in [9.17, 15) is 4.55 Å². The van der Waals surface area contributed by atoms with Gasteiger partial charge in [0.2, 0.25) is 0 Å². The number of nitrogens with zero attached hydrogens (tertiary/aromatic N) is 4. The van der Waals surface area contributed by atoms with Crippen LogP contribution in [-0.2, 0) is 11.2 Å². The molecule has 0 amide bonds. The number of piperidine rings is 1. The summed E-state index contributed by atoms with van der Waals surface area (Å²) >= 11 is 4.85. The average Bonchev–Trinajstić information content (AvgIpc) is 3.19. The van der Waals surface area contributed by atoms with Crippen molar-refractivity contribution >= 4 is 28.6 Å².